The molecule has 1 aromatic carbocycles. The number of hydrogen-bond acceptors (Lipinski definition) is 6. The number of carboxylic acids is 1. The Kier molecular flexibility index (Phi) is 6.05. The number of thioether (sulfide) groups is 2. The fourth-order valence-corrected chi connectivity index (χ4v) is 3.85. The lowest BCUT2D eigenvalue weighted by atomic mass is 10.2. The Balaban J connectivity index is 2.24. The van der Waals surface area contributed by atoms with Crippen molar-refractivity contribution in [3.63, 3.8) is 0 Å². The van der Waals surface area contributed by atoms with Gasteiger partial charge in [0.05, 0.1) is 16.9 Å². The number of thiocarbonyl (C=S) groups is 1. The van der Waals surface area contributed by atoms with Crippen LogP contribution in [0.5, 0.6) is 0 Å². The number of rotatable bonds is 6. The van der Waals surface area contributed by atoms with Gasteiger partial charge >= 0.3 is 0 Å². The molecule has 1 aliphatic rings. The highest BCUT2D eigenvalue weighted by molar-refractivity contribution is 8.26. The second-order valence-electron chi connectivity index (χ2n) is 4.58. The van der Waals surface area contributed by atoms with E-state index in [1.165, 1.54) is 16.7 Å². The lowest BCUT2D eigenvalue weighted by Gasteiger charge is -2.27. The highest BCUT2D eigenvalue weighted by atomic mass is 32.2. The maximum atomic E-state index is 12.5. The Bertz CT molecular complexity index is 616. The lowest BCUT2D eigenvalue weighted by molar-refractivity contribution is -0.310. The van der Waals surface area contributed by atoms with Crippen molar-refractivity contribution in [2.45, 2.75) is 12.5 Å². The summed E-state index contributed by atoms with van der Waals surface area (Å²) in [7, 11) is 0. The summed E-state index contributed by atoms with van der Waals surface area (Å²) < 4.78 is 0.266. The molecule has 0 radical (unpaired) electrons. The normalized spacial score (nSPS) is 18.0. The van der Waals surface area contributed by atoms with Crippen LogP contribution in [0.4, 0.5) is 0 Å². The Labute approximate surface area is 143 Å². The van der Waals surface area contributed by atoms with Crippen LogP contribution in [0, 0.1) is 0 Å². The monoisotopic (exact) mass is 352 g/mol. The molecule has 1 aliphatic heterocycles. The van der Waals surface area contributed by atoms with E-state index in [0.29, 0.717) is 17.1 Å². The smallest absolute Gasteiger partial charge is 0.266 e. The third-order valence-corrected chi connectivity index (χ3v) is 5.07. The summed E-state index contributed by atoms with van der Waals surface area (Å²) in [6.45, 7) is 0. The molecule has 2 rings (SSSR count). The summed E-state index contributed by atoms with van der Waals surface area (Å²) in [5, 5.41) is 11.3. The summed E-state index contributed by atoms with van der Waals surface area (Å²) in [6.07, 6.45) is 3.92. The van der Waals surface area contributed by atoms with Crippen LogP contribution in [-0.4, -0.2) is 39.1 Å². The van der Waals surface area contributed by atoms with E-state index in [9.17, 15) is 14.7 Å². The Morgan fingerprint density at radius 3 is 2.73 bits per heavy atom. The molecule has 0 aromatic heterocycles. The second-order valence-corrected chi connectivity index (χ2v) is 7.24. The molecule has 0 aliphatic carbocycles. The van der Waals surface area contributed by atoms with Crippen LogP contribution in [0.25, 0.3) is 6.08 Å². The van der Waals surface area contributed by atoms with Gasteiger partial charge in [0.1, 0.15) is 4.32 Å². The average molecular weight is 352 g/mol. The van der Waals surface area contributed by atoms with Crippen molar-refractivity contribution in [2.75, 3.05) is 12.0 Å². The molecule has 0 bridgehead atoms. The minimum absolute atomic E-state index is 0.266. The molecule has 1 heterocycles. The average Bonchev–Trinajstić information content (AvgIpc) is 2.76. The van der Waals surface area contributed by atoms with Crippen LogP contribution in [-0.2, 0) is 9.59 Å². The van der Waals surface area contributed by atoms with Crippen molar-refractivity contribution in [2.24, 2.45) is 0 Å². The topological polar surface area (TPSA) is 60.4 Å². The van der Waals surface area contributed by atoms with Gasteiger partial charge in [-0.05, 0) is 30.1 Å². The van der Waals surface area contributed by atoms with Crippen LogP contribution in [0.2, 0.25) is 0 Å². The molecule has 7 heteroatoms. The number of carbonyl (C=O) groups excluding carboxylic acids is 2. The SMILES string of the molecule is CSCC[C@H](C(=O)[O-])N1C(=O)/C(=C\c2ccccc2)SC1=S. The molecule has 22 heavy (non-hydrogen) atoms. The zero-order chi connectivity index (χ0) is 16.1. The van der Waals surface area contributed by atoms with E-state index in [1.54, 1.807) is 6.08 Å². The minimum Gasteiger partial charge on any atom is -0.548 e. The number of benzene rings is 1. The predicted octanol–water partition coefficient (Wildman–Crippen LogP) is 1.76. The molecule has 0 unspecified atom stereocenters. The predicted molar refractivity (Wildman–Crippen MR) is 93.2 cm³/mol. The number of amides is 1. The van der Waals surface area contributed by atoms with Crippen LogP contribution >= 0.6 is 35.7 Å². The lowest BCUT2D eigenvalue weighted by Crippen LogP contribution is -2.50. The van der Waals surface area contributed by atoms with Crippen LogP contribution in [0.3, 0.4) is 0 Å². The van der Waals surface area contributed by atoms with E-state index in [1.807, 2.05) is 36.6 Å². The zero-order valence-electron chi connectivity index (χ0n) is 11.9. The summed E-state index contributed by atoms with van der Waals surface area (Å²) in [5.74, 6) is -1.02. The van der Waals surface area contributed by atoms with Gasteiger partial charge in [-0.2, -0.15) is 11.8 Å². The molecule has 1 atom stereocenters. The molecule has 1 aromatic rings. The standard InChI is InChI=1S/C15H15NO3S3/c1-21-8-7-11(14(18)19)16-13(17)12(22-15(16)20)9-10-5-3-2-4-6-10/h2-6,9,11H,7-8H2,1H3,(H,18,19)/p-1/b12-9+/t11-/m1/s1. The van der Waals surface area contributed by atoms with E-state index in [-0.39, 0.29) is 10.2 Å². The maximum absolute atomic E-state index is 12.5. The summed E-state index contributed by atoms with van der Waals surface area (Å²) in [5.41, 5.74) is 0.872. The molecule has 1 amide bonds. The molecule has 0 saturated carbocycles. The van der Waals surface area contributed by atoms with Gasteiger partial charge in [0.25, 0.3) is 5.91 Å². The van der Waals surface area contributed by atoms with Gasteiger partial charge in [0, 0.05) is 0 Å². The minimum atomic E-state index is -1.27. The van der Waals surface area contributed by atoms with E-state index < -0.39 is 12.0 Å². The first-order chi connectivity index (χ1) is 10.5. The highest BCUT2D eigenvalue weighted by Gasteiger charge is 2.37. The third kappa shape index (κ3) is 3.91. The number of carbonyl (C=O) groups is 2. The number of nitrogens with zero attached hydrogens (tertiary/aromatic N) is 1. The van der Waals surface area contributed by atoms with E-state index in [4.69, 9.17) is 12.2 Å². The molecule has 0 spiro atoms. The second kappa shape index (κ2) is 7.80. The van der Waals surface area contributed by atoms with Crippen molar-refractivity contribution in [1.29, 1.82) is 0 Å². The molecule has 1 saturated heterocycles. The zero-order valence-corrected chi connectivity index (χ0v) is 14.3. The summed E-state index contributed by atoms with van der Waals surface area (Å²) >= 11 is 7.83. The van der Waals surface area contributed by atoms with Gasteiger partial charge in [0.15, 0.2) is 0 Å². The van der Waals surface area contributed by atoms with Gasteiger partial charge in [-0.15, -0.1) is 0 Å². The molecule has 1 fully saturated rings. The van der Waals surface area contributed by atoms with Crippen LogP contribution < -0.4 is 5.11 Å². The van der Waals surface area contributed by atoms with Gasteiger partial charge in [-0.25, -0.2) is 0 Å². The van der Waals surface area contributed by atoms with E-state index in [2.05, 4.69) is 0 Å². The van der Waals surface area contributed by atoms with E-state index in [0.717, 1.165) is 17.3 Å². The quantitative estimate of drug-likeness (QED) is 0.574. The van der Waals surface area contributed by atoms with Gasteiger partial charge in [0.2, 0.25) is 0 Å². The van der Waals surface area contributed by atoms with Crippen molar-refractivity contribution in [3.8, 4) is 0 Å². The van der Waals surface area contributed by atoms with E-state index >= 15 is 0 Å². The highest BCUT2D eigenvalue weighted by Crippen LogP contribution is 2.34. The fraction of sp³-hybridized carbons (Fsp3) is 0.267. The first-order valence-corrected chi connectivity index (χ1v) is 9.18. The van der Waals surface area contributed by atoms with Crippen LogP contribution in [0.15, 0.2) is 35.2 Å². The molecular formula is C15H14NO3S3-. The number of carboxylic acid groups (broad SMARTS) is 1. The Morgan fingerprint density at radius 1 is 1.45 bits per heavy atom. The van der Waals surface area contributed by atoms with Crippen molar-refractivity contribution < 1.29 is 14.7 Å². The van der Waals surface area contributed by atoms with Crippen molar-refractivity contribution in [1.82, 2.24) is 4.90 Å². The molecule has 116 valence electrons. The number of aliphatic carboxylic acids is 1. The van der Waals surface area contributed by atoms with Gasteiger partial charge in [-0.1, -0.05) is 54.3 Å². The van der Waals surface area contributed by atoms with Gasteiger partial charge in [-0.3, -0.25) is 9.69 Å². The fourth-order valence-electron chi connectivity index (χ4n) is 2.03. The molecule has 0 N–H and O–H groups in total. The number of hydrogen-bond donors (Lipinski definition) is 0. The van der Waals surface area contributed by atoms with Crippen LogP contribution in [0.1, 0.15) is 12.0 Å². The summed E-state index contributed by atoms with van der Waals surface area (Å²) in [4.78, 5) is 25.4. The molecule has 4 nitrogen and oxygen atoms in total. The third-order valence-electron chi connectivity index (χ3n) is 3.10. The van der Waals surface area contributed by atoms with Crippen molar-refractivity contribution >= 4 is 58.0 Å². The summed E-state index contributed by atoms with van der Waals surface area (Å²) in [6, 6.07) is 8.36. The Morgan fingerprint density at radius 2 is 2.14 bits per heavy atom. The van der Waals surface area contributed by atoms with Gasteiger partial charge < -0.3 is 9.90 Å². The first-order valence-electron chi connectivity index (χ1n) is 6.56. The van der Waals surface area contributed by atoms with Crippen molar-refractivity contribution in [3.05, 3.63) is 40.8 Å². The molecular weight excluding hydrogens is 338 g/mol. The Hall–Kier alpha value is -1.31. The largest absolute Gasteiger partial charge is 0.548 e. The maximum Gasteiger partial charge on any atom is 0.266 e. The first kappa shape index (κ1) is 17.1.